The van der Waals surface area contributed by atoms with Gasteiger partial charge >= 0.3 is 0 Å². The van der Waals surface area contributed by atoms with E-state index >= 15 is 0 Å². The summed E-state index contributed by atoms with van der Waals surface area (Å²) < 4.78 is 11.4. The van der Waals surface area contributed by atoms with Crippen LogP contribution in [0.3, 0.4) is 0 Å². The molecule has 1 saturated heterocycles. The van der Waals surface area contributed by atoms with Crippen LogP contribution in [0.25, 0.3) is 5.76 Å². The van der Waals surface area contributed by atoms with Crippen molar-refractivity contribution in [1.82, 2.24) is 9.80 Å². The van der Waals surface area contributed by atoms with E-state index in [9.17, 15) is 14.7 Å². The highest BCUT2D eigenvalue weighted by Crippen LogP contribution is 2.41. The van der Waals surface area contributed by atoms with E-state index in [-0.39, 0.29) is 11.3 Å². The molecule has 0 radical (unpaired) electrons. The third kappa shape index (κ3) is 4.81. The maximum absolute atomic E-state index is 13.1. The molecular formula is C24H27BrN2O5. The van der Waals surface area contributed by atoms with Gasteiger partial charge in [0.2, 0.25) is 0 Å². The van der Waals surface area contributed by atoms with Gasteiger partial charge in [0.1, 0.15) is 5.76 Å². The Kier molecular flexibility index (Phi) is 7.58. The smallest absolute Gasteiger partial charge is 0.295 e. The number of aliphatic hydroxyl groups excluding tert-OH is 1. The van der Waals surface area contributed by atoms with Crippen LogP contribution in [-0.4, -0.2) is 68.0 Å². The second-order valence-corrected chi connectivity index (χ2v) is 8.69. The molecule has 7 nitrogen and oxygen atoms in total. The first-order valence-electron chi connectivity index (χ1n) is 10.2. The minimum atomic E-state index is -0.702. The lowest BCUT2D eigenvalue weighted by Crippen LogP contribution is -2.32. The molecule has 8 heteroatoms. The molecular weight excluding hydrogens is 476 g/mol. The SMILES string of the molecule is COc1ccc(C(O)=C2C(=O)C(=O)N(CCCN(C)C)[C@@H]2c2cccc(Br)c2)cc1OC. The zero-order chi connectivity index (χ0) is 23.4. The Balaban J connectivity index is 2.12. The van der Waals surface area contributed by atoms with Crippen molar-refractivity contribution in [1.29, 1.82) is 0 Å². The van der Waals surface area contributed by atoms with Crippen LogP contribution in [0.1, 0.15) is 23.6 Å². The molecule has 1 aliphatic heterocycles. The fourth-order valence-electron chi connectivity index (χ4n) is 3.83. The molecule has 0 unspecified atom stereocenters. The number of ketones is 1. The number of hydrogen-bond acceptors (Lipinski definition) is 6. The van der Waals surface area contributed by atoms with E-state index in [2.05, 4.69) is 15.9 Å². The van der Waals surface area contributed by atoms with Crippen LogP contribution in [0.2, 0.25) is 0 Å². The van der Waals surface area contributed by atoms with Crippen molar-refractivity contribution >= 4 is 33.4 Å². The molecule has 2 aromatic rings. The van der Waals surface area contributed by atoms with Crippen molar-refractivity contribution in [2.75, 3.05) is 41.4 Å². The van der Waals surface area contributed by atoms with Gasteiger partial charge in [-0.15, -0.1) is 0 Å². The van der Waals surface area contributed by atoms with Crippen LogP contribution in [0.4, 0.5) is 0 Å². The lowest BCUT2D eigenvalue weighted by Gasteiger charge is -2.26. The van der Waals surface area contributed by atoms with E-state index in [1.807, 2.05) is 43.3 Å². The predicted octanol–water partition coefficient (Wildman–Crippen LogP) is 3.84. The minimum Gasteiger partial charge on any atom is -0.507 e. The number of amides is 1. The summed E-state index contributed by atoms with van der Waals surface area (Å²) in [6.45, 7) is 1.16. The number of nitrogens with zero attached hydrogens (tertiary/aromatic N) is 2. The van der Waals surface area contributed by atoms with Gasteiger partial charge in [0.15, 0.2) is 11.5 Å². The molecule has 0 bridgehead atoms. The Morgan fingerprint density at radius 3 is 2.44 bits per heavy atom. The number of aliphatic hydroxyl groups is 1. The summed E-state index contributed by atoms with van der Waals surface area (Å²) in [5.41, 5.74) is 1.17. The van der Waals surface area contributed by atoms with Gasteiger partial charge in [-0.1, -0.05) is 28.1 Å². The second kappa shape index (κ2) is 10.2. The maximum atomic E-state index is 13.1. The molecule has 170 valence electrons. The van der Waals surface area contributed by atoms with Gasteiger partial charge in [-0.25, -0.2) is 0 Å². The number of halogens is 1. The van der Waals surface area contributed by atoms with Crippen molar-refractivity contribution in [3.05, 3.63) is 63.6 Å². The van der Waals surface area contributed by atoms with Crippen molar-refractivity contribution in [3.8, 4) is 11.5 Å². The Bertz CT molecular complexity index is 1050. The summed E-state index contributed by atoms with van der Waals surface area (Å²) in [6, 6.07) is 11.6. The number of likely N-dealkylation sites (tertiary alicyclic amines) is 1. The molecule has 3 rings (SSSR count). The Labute approximate surface area is 196 Å². The van der Waals surface area contributed by atoms with E-state index in [1.165, 1.54) is 14.2 Å². The molecule has 2 aromatic carbocycles. The van der Waals surface area contributed by atoms with Crippen LogP contribution in [-0.2, 0) is 9.59 Å². The van der Waals surface area contributed by atoms with Crippen molar-refractivity contribution in [2.45, 2.75) is 12.5 Å². The Morgan fingerprint density at radius 2 is 1.81 bits per heavy atom. The van der Waals surface area contributed by atoms with E-state index in [4.69, 9.17) is 9.47 Å². The number of hydrogen-bond donors (Lipinski definition) is 1. The number of Topliss-reactive ketones (excluding diaryl/α,β-unsaturated/α-hetero) is 1. The highest BCUT2D eigenvalue weighted by Gasteiger charge is 2.45. The standard InChI is InChI=1S/C24H27BrN2O5/c1-26(2)11-6-12-27-21(15-7-5-8-17(25)13-15)20(23(29)24(27)30)22(28)16-9-10-18(31-3)19(14-16)32-4/h5,7-10,13-14,21,28H,6,11-12H2,1-4H3/t21-/m1/s1. The molecule has 1 atom stereocenters. The highest BCUT2D eigenvalue weighted by atomic mass is 79.9. The number of carbonyl (C=O) groups is 2. The van der Waals surface area contributed by atoms with E-state index in [1.54, 1.807) is 23.1 Å². The molecule has 1 fully saturated rings. The van der Waals surface area contributed by atoms with Crippen molar-refractivity contribution in [2.24, 2.45) is 0 Å². The van der Waals surface area contributed by atoms with Gasteiger partial charge in [0, 0.05) is 16.6 Å². The third-order valence-corrected chi connectivity index (χ3v) is 5.86. The maximum Gasteiger partial charge on any atom is 0.295 e. The minimum absolute atomic E-state index is 0.0603. The average molecular weight is 503 g/mol. The second-order valence-electron chi connectivity index (χ2n) is 7.77. The van der Waals surface area contributed by atoms with Crippen LogP contribution < -0.4 is 9.47 Å². The molecule has 0 aromatic heterocycles. The first kappa shape index (κ1) is 23.8. The van der Waals surface area contributed by atoms with Gasteiger partial charge < -0.3 is 24.4 Å². The fraction of sp³-hybridized carbons (Fsp3) is 0.333. The van der Waals surface area contributed by atoms with Gasteiger partial charge in [-0.3, -0.25) is 9.59 Å². The van der Waals surface area contributed by atoms with Crippen LogP contribution in [0, 0.1) is 0 Å². The van der Waals surface area contributed by atoms with E-state index < -0.39 is 17.7 Å². The quantitative estimate of drug-likeness (QED) is 0.335. The van der Waals surface area contributed by atoms with Gasteiger partial charge in [0.25, 0.3) is 11.7 Å². The number of ether oxygens (including phenoxy) is 2. The van der Waals surface area contributed by atoms with Gasteiger partial charge in [0.05, 0.1) is 25.8 Å². The number of carbonyl (C=O) groups excluding carboxylic acids is 2. The monoisotopic (exact) mass is 502 g/mol. The van der Waals surface area contributed by atoms with E-state index in [0.29, 0.717) is 30.0 Å². The number of methoxy groups -OCH3 is 2. The Hall–Kier alpha value is -2.84. The summed E-state index contributed by atoms with van der Waals surface area (Å²) in [7, 11) is 6.92. The molecule has 0 aliphatic carbocycles. The first-order valence-corrected chi connectivity index (χ1v) is 11.0. The average Bonchev–Trinajstić information content (AvgIpc) is 3.02. The summed E-state index contributed by atoms with van der Waals surface area (Å²) in [6.07, 6.45) is 0.695. The van der Waals surface area contributed by atoms with Gasteiger partial charge in [-0.2, -0.15) is 0 Å². The molecule has 1 amide bonds. The lowest BCUT2D eigenvalue weighted by atomic mass is 9.95. The summed E-state index contributed by atoms with van der Waals surface area (Å²) in [4.78, 5) is 29.6. The molecule has 1 aliphatic rings. The van der Waals surface area contributed by atoms with Crippen LogP contribution >= 0.6 is 15.9 Å². The first-order chi connectivity index (χ1) is 15.3. The Morgan fingerprint density at radius 1 is 1.09 bits per heavy atom. The zero-order valence-corrected chi connectivity index (χ0v) is 20.2. The van der Waals surface area contributed by atoms with E-state index in [0.717, 1.165) is 16.6 Å². The topological polar surface area (TPSA) is 79.3 Å². The molecule has 32 heavy (non-hydrogen) atoms. The molecule has 1 N–H and O–H groups in total. The van der Waals surface area contributed by atoms with Crippen LogP contribution in [0.15, 0.2) is 52.5 Å². The van der Waals surface area contributed by atoms with Crippen molar-refractivity contribution in [3.63, 3.8) is 0 Å². The molecule has 0 spiro atoms. The summed E-state index contributed by atoms with van der Waals surface area (Å²) in [5, 5.41) is 11.2. The summed E-state index contributed by atoms with van der Waals surface area (Å²) >= 11 is 3.46. The number of benzene rings is 2. The number of rotatable bonds is 8. The third-order valence-electron chi connectivity index (χ3n) is 5.37. The predicted molar refractivity (Wildman–Crippen MR) is 126 cm³/mol. The largest absolute Gasteiger partial charge is 0.507 e. The molecule has 1 heterocycles. The summed E-state index contributed by atoms with van der Waals surface area (Å²) in [5.74, 6) is -0.653. The van der Waals surface area contributed by atoms with Crippen LogP contribution in [0.5, 0.6) is 11.5 Å². The lowest BCUT2D eigenvalue weighted by molar-refractivity contribution is -0.139. The fourth-order valence-corrected chi connectivity index (χ4v) is 4.25. The van der Waals surface area contributed by atoms with Gasteiger partial charge in [-0.05, 0) is 63.0 Å². The zero-order valence-electron chi connectivity index (χ0n) is 18.6. The normalized spacial score (nSPS) is 17.8. The molecule has 0 saturated carbocycles. The van der Waals surface area contributed by atoms with Crippen molar-refractivity contribution < 1.29 is 24.2 Å². The highest BCUT2D eigenvalue weighted by molar-refractivity contribution is 9.10.